The summed E-state index contributed by atoms with van der Waals surface area (Å²) in [6.45, 7) is 0.556. The van der Waals surface area contributed by atoms with Gasteiger partial charge >= 0.3 is 0 Å². The average Bonchev–Trinajstić information content (AvgIpc) is 3.58. The monoisotopic (exact) mass is 444 g/mol. The molecule has 33 heavy (non-hydrogen) atoms. The van der Waals surface area contributed by atoms with Crippen molar-refractivity contribution in [1.82, 2.24) is 10.3 Å². The molecule has 7 heteroatoms. The molecule has 0 aliphatic heterocycles. The third-order valence-electron chi connectivity index (χ3n) is 6.03. The molecular formula is C26H26N3O4+. The molecule has 4 aromatic rings. The highest BCUT2D eigenvalue weighted by Gasteiger charge is 2.44. The minimum Gasteiger partial charge on any atom is -0.493 e. The van der Waals surface area contributed by atoms with Crippen molar-refractivity contribution in [2.75, 3.05) is 20.8 Å². The zero-order valence-electron chi connectivity index (χ0n) is 18.7. The van der Waals surface area contributed by atoms with Crippen molar-refractivity contribution in [1.29, 1.82) is 0 Å². The number of ether oxygens (including phenoxy) is 3. The van der Waals surface area contributed by atoms with Gasteiger partial charge in [-0.25, -0.2) is 0 Å². The molecule has 1 fully saturated rings. The summed E-state index contributed by atoms with van der Waals surface area (Å²) >= 11 is 0. The van der Waals surface area contributed by atoms with Crippen LogP contribution in [0.5, 0.6) is 23.0 Å². The van der Waals surface area contributed by atoms with Crippen LogP contribution in [0.2, 0.25) is 0 Å². The van der Waals surface area contributed by atoms with Crippen LogP contribution in [-0.2, 0) is 0 Å². The van der Waals surface area contributed by atoms with Gasteiger partial charge in [-0.15, -0.1) is 0 Å². The van der Waals surface area contributed by atoms with Gasteiger partial charge < -0.3 is 25.3 Å². The lowest BCUT2D eigenvalue weighted by atomic mass is 10.0. The van der Waals surface area contributed by atoms with E-state index in [9.17, 15) is 4.79 Å². The van der Waals surface area contributed by atoms with Gasteiger partial charge in [0.05, 0.1) is 12.6 Å². The van der Waals surface area contributed by atoms with Gasteiger partial charge in [-0.3, -0.25) is 9.78 Å². The highest BCUT2D eigenvalue weighted by atomic mass is 16.5. The number of pyridine rings is 1. The van der Waals surface area contributed by atoms with Gasteiger partial charge in [-0.2, -0.15) is 0 Å². The number of quaternary nitrogens is 1. The number of carbonyl (C=O) groups excluding carboxylic acids is 1. The molecule has 4 N–H and O–H groups in total. The fraction of sp³-hybridized carbons (Fsp3) is 0.231. The Balaban J connectivity index is 1.48. The highest BCUT2D eigenvalue weighted by Crippen LogP contribution is 2.39. The zero-order valence-corrected chi connectivity index (χ0v) is 18.7. The summed E-state index contributed by atoms with van der Waals surface area (Å²) in [6, 6.07) is 16.9. The van der Waals surface area contributed by atoms with Crippen LogP contribution in [0.25, 0.3) is 21.7 Å². The maximum Gasteiger partial charge on any atom is 0.251 e. The van der Waals surface area contributed by atoms with E-state index in [1.54, 1.807) is 20.4 Å². The first-order chi connectivity index (χ1) is 16.0. The first kappa shape index (κ1) is 21.0. The number of hydrogen-bond donors (Lipinski definition) is 2. The van der Waals surface area contributed by atoms with Crippen LogP contribution in [0.1, 0.15) is 23.2 Å². The molecule has 1 aromatic heterocycles. The normalized spacial score (nSPS) is 14.2. The van der Waals surface area contributed by atoms with Gasteiger partial charge in [0.1, 0.15) is 23.6 Å². The molecule has 1 heterocycles. The number of benzene rings is 3. The minimum atomic E-state index is -0.119. The third kappa shape index (κ3) is 4.15. The molecule has 7 nitrogen and oxygen atoms in total. The Kier molecular flexibility index (Phi) is 5.26. The van der Waals surface area contributed by atoms with E-state index in [1.807, 2.05) is 54.6 Å². The molecule has 0 spiro atoms. The second-order valence-electron chi connectivity index (χ2n) is 8.49. The number of fused-ring (bicyclic) bond motifs is 2. The van der Waals surface area contributed by atoms with Gasteiger partial charge in [-0.05, 0) is 47.2 Å². The molecule has 1 amide bonds. The Hall–Kier alpha value is -3.84. The molecule has 1 aliphatic carbocycles. The molecular weight excluding hydrogens is 418 g/mol. The van der Waals surface area contributed by atoms with Gasteiger partial charge in [0.15, 0.2) is 11.5 Å². The summed E-state index contributed by atoms with van der Waals surface area (Å²) in [6.07, 6.45) is 3.87. The van der Waals surface area contributed by atoms with Gasteiger partial charge in [0.25, 0.3) is 5.91 Å². The molecule has 0 bridgehead atoms. The number of carbonyl (C=O) groups is 1. The third-order valence-corrected chi connectivity index (χ3v) is 6.03. The van der Waals surface area contributed by atoms with E-state index < -0.39 is 0 Å². The van der Waals surface area contributed by atoms with Crippen molar-refractivity contribution in [3.8, 4) is 23.0 Å². The van der Waals surface area contributed by atoms with Crippen LogP contribution >= 0.6 is 0 Å². The molecule has 0 unspecified atom stereocenters. The maximum atomic E-state index is 12.2. The number of aromatic nitrogens is 1. The molecule has 0 saturated heterocycles. The Morgan fingerprint density at radius 3 is 2.67 bits per heavy atom. The van der Waals surface area contributed by atoms with E-state index in [1.165, 1.54) is 0 Å². The van der Waals surface area contributed by atoms with Crippen molar-refractivity contribution in [2.45, 2.75) is 18.4 Å². The first-order valence-corrected chi connectivity index (χ1v) is 10.9. The van der Waals surface area contributed by atoms with Crippen molar-refractivity contribution < 1.29 is 24.7 Å². The lowest BCUT2D eigenvalue weighted by Gasteiger charge is -2.15. The van der Waals surface area contributed by atoms with E-state index in [0.717, 1.165) is 34.5 Å². The van der Waals surface area contributed by atoms with Gasteiger partial charge in [0, 0.05) is 43.1 Å². The molecule has 1 saturated carbocycles. The van der Waals surface area contributed by atoms with Crippen LogP contribution in [0, 0.1) is 0 Å². The topological polar surface area (TPSA) is 97.3 Å². The molecule has 168 valence electrons. The van der Waals surface area contributed by atoms with Crippen molar-refractivity contribution in [3.63, 3.8) is 0 Å². The van der Waals surface area contributed by atoms with Crippen molar-refractivity contribution in [3.05, 3.63) is 66.4 Å². The SMILES string of the molecule is CNC(=O)c1cccc2cc(Oc3ccnc4cc(OCC5([NH3+])CC5)c(OC)cc34)ccc12. The summed E-state index contributed by atoms with van der Waals surface area (Å²) in [5.74, 6) is 2.47. The molecule has 0 radical (unpaired) electrons. The summed E-state index contributed by atoms with van der Waals surface area (Å²) in [7, 11) is 3.25. The highest BCUT2D eigenvalue weighted by molar-refractivity contribution is 6.07. The second-order valence-corrected chi connectivity index (χ2v) is 8.49. The maximum absolute atomic E-state index is 12.2. The molecule has 3 aromatic carbocycles. The molecule has 5 rings (SSSR count). The molecule has 0 atom stereocenters. The Labute approximate surface area is 191 Å². The number of hydrogen-bond acceptors (Lipinski definition) is 5. The Morgan fingerprint density at radius 2 is 1.91 bits per heavy atom. The average molecular weight is 445 g/mol. The second kappa shape index (κ2) is 8.26. The number of amides is 1. The van der Waals surface area contributed by atoms with Crippen LogP contribution in [0.4, 0.5) is 0 Å². The molecule has 1 aliphatic rings. The van der Waals surface area contributed by atoms with E-state index in [-0.39, 0.29) is 11.4 Å². The number of methoxy groups -OCH3 is 1. The lowest BCUT2D eigenvalue weighted by molar-refractivity contribution is -0.442. The summed E-state index contributed by atoms with van der Waals surface area (Å²) in [4.78, 5) is 16.7. The largest absolute Gasteiger partial charge is 0.493 e. The fourth-order valence-electron chi connectivity index (χ4n) is 3.83. The summed E-state index contributed by atoms with van der Waals surface area (Å²) in [5, 5.41) is 5.28. The fourth-order valence-corrected chi connectivity index (χ4v) is 3.83. The zero-order chi connectivity index (χ0) is 23.0. The smallest absolute Gasteiger partial charge is 0.251 e. The number of nitrogens with zero attached hydrogens (tertiary/aromatic N) is 1. The Bertz CT molecular complexity index is 1360. The van der Waals surface area contributed by atoms with E-state index in [2.05, 4.69) is 16.0 Å². The van der Waals surface area contributed by atoms with Crippen LogP contribution in [0.15, 0.2) is 60.8 Å². The van der Waals surface area contributed by atoms with Crippen LogP contribution in [-0.4, -0.2) is 37.2 Å². The van der Waals surface area contributed by atoms with E-state index in [0.29, 0.717) is 35.2 Å². The lowest BCUT2D eigenvalue weighted by Crippen LogP contribution is -2.66. The van der Waals surface area contributed by atoms with Gasteiger partial charge in [0.2, 0.25) is 0 Å². The first-order valence-electron chi connectivity index (χ1n) is 10.9. The summed E-state index contributed by atoms with van der Waals surface area (Å²) < 4.78 is 17.8. The number of rotatable bonds is 7. The quantitative estimate of drug-likeness (QED) is 0.453. The predicted molar refractivity (Wildman–Crippen MR) is 126 cm³/mol. The minimum absolute atomic E-state index is 0.0199. The van der Waals surface area contributed by atoms with Crippen LogP contribution in [0.3, 0.4) is 0 Å². The van der Waals surface area contributed by atoms with Crippen molar-refractivity contribution >= 4 is 27.6 Å². The standard InChI is InChI=1S/C26H25N3O4/c1-28-25(30)19-5-3-4-16-12-17(6-7-18(16)19)33-22-8-11-29-21-14-24(23(31-2)13-20(21)22)32-15-26(27)9-10-26/h3-8,11-14H,9-10,15,27H2,1-2H3,(H,28,30)/p+1. The van der Waals surface area contributed by atoms with Crippen LogP contribution < -0.4 is 25.3 Å². The predicted octanol–water partition coefficient (Wildman–Crippen LogP) is 3.70. The Morgan fingerprint density at radius 1 is 1.06 bits per heavy atom. The van der Waals surface area contributed by atoms with Crippen molar-refractivity contribution in [2.24, 2.45) is 0 Å². The van der Waals surface area contributed by atoms with E-state index >= 15 is 0 Å². The van der Waals surface area contributed by atoms with E-state index in [4.69, 9.17) is 14.2 Å². The number of nitrogens with one attached hydrogen (secondary N) is 1. The van der Waals surface area contributed by atoms with Gasteiger partial charge in [-0.1, -0.05) is 12.1 Å². The summed E-state index contributed by atoms with van der Waals surface area (Å²) in [5.41, 5.74) is 5.59.